The Hall–Kier alpha value is -0.680. The molecule has 0 aliphatic heterocycles. The van der Waals surface area contributed by atoms with Gasteiger partial charge in [0.05, 0.1) is 0 Å². The summed E-state index contributed by atoms with van der Waals surface area (Å²) in [5, 5.41) is 3.46. The zero-order valence-corrected chi connectivity index (χ0v) is 12.5. The highest BCUT2D eigenvalue weighted by Gasteiger charge is 2.12. The molecule has 0 saturated heterocycles. The number of hydrogen-bond acceptors (Lipinski definition) is 4. The van der Waals surface area contributed by atoms with Crippen LogP contribution in [0.5, 0.6) is 0 Å². The minimum atomic E-state index is 0.409. The Morgan fingerprint density at radius 1 is 1.35 bits per heavy atom. The van der Waals surface area contributed by atoms with Crippen molar-refractivity contribution >= 4 is 21.7 Å². The van der Waals surface area contributed by atoms with Crippen molar-refractivity contribution in [2.75, 3.05) is 26.0 Å². The predicted octanol–water partition coefficient (Wildman–Crippen LogP) is 2.63. The molecule has 0 radical (unpaired) electrons. The van der Waals surface area contributed by atoms with E-state index in [1.54, 1.807) is 6.33 Å². The van der Waals surface area contributed by atoms with Gasteiger partial charge >= 0.3 is 0 Å². The first kappa shape index (κ1) is 14.4. The van der Waals surface area contributed by atoms with Gasteiger partial charge in [0.15, 0.2) is 0 Å². The monoisotopic (exact) mass is 300 g/mol. The molecule has 0 fully saturated rings. The SMILES string of the molecule is CC(C)CC(CN(C)C)Nc1cc(Br)ncn1. The number of aromatic nitrogens is 2. The van der Waals surface area contributed by atoms with Crippen LogP contribution < -0.4 is 5.32 Å². The fourth-order valence-electron chi connectivity index (χ4n) is 1.81. The minimum Gasteiger partial charge on any atom is -0.366 e. The van der Waals surface area contributed by atoms with Crippen LogP contribution in [-0.4, -0.2) is 41.5 Å². The first-order valence-electron chi connectivity index (χ1n) is 5.86. The number of hydrogen-bond donors (Lipinski definition) is 1. The van der Waals surface area contributed by atoms with Crippen LogP contribution in [0.15, 0.2) is 17.0 Å². The maximum absolute atomic E-state index is 4.22. The summed E-state index contributed by atoms with van der Waals surface area (Å²) in [6.07, 6.45) is 2.69. The molecular formula is C12H21BrN4. The van der Waals surface area contributed by atoms with Crippen LogP contribution in [0, 0.1) is 5.92 Å². The van der Waals surface area contributed by atoms with E-state index in [-0.39, 0.29) is 0 Å². The van der Waals surface area contributed by atoms with Gasteiger partial charge in [-0.3, -0.25) is 0 Å². The number of anilines is 1. The molecule has 1 atom stereocenters. The van der Waals surface area contributed by atoms with Crippen molar-refractivity contribution in [3.05, 3.63) is 17.0 Å². The van der Waals surface area contributed by atoms with Gasteiger partial charge in [-0.2, -0.15) is 0 Å². The molecule has 0 bridgehead atoms. The third kappa shape index (κ3) is 5.98. The largest absolute Gasteiger partial charge is 0.366 e. The van der Waals surface area contributed by atoms with Gasteiger partial charge in [0, 0.05) is 18.7 Å². The van der Waals surface area contributed by atoms with Crippen LogP contribution >= 0.6 is 15.9 Å². The summed E-state index contributed by atoms with van der Waals surface area (Å²) in [5.74, 6) is 1.54. The molecule has 1 rings (SSSR count). The van der Waals surface area contributed by atoms with Gasteiger partial charge in [-0.05, 0) is 42.4 Å². The van der Waals surface area contributed by atoms with E-state index in [0.717, 1.165) is 23.4 Å². The van der Waals surface area contributed by atoms with E-state index in [1.807, 2.05) is 6.07 Å². The van der Waals surface area contributed by atoms with Crippen molar-refractivity contribution in [1.82, 2.24) is 14.9 Å². The molecule has 96 valence electrons. The Balaban J connectivity index is 2.64. The van der Waals surface area contributed by atoms with E-state index in [0.29, 0.717) is 12.0 Å². The summed E-state index contributed by atoms with van der Waals surface area (Å²) < 4.78 is 0.808. The van der Waals surface area contributed by atoms with E-state index in [9.17, 15) is 0 Å². The number of likely N-dealkylation sites (N-methyl/N-ethyl adjacent to an activating group) is 1. The first-order chi connectivity index (χ1) is 7.97. The van der Waals surface area contributed by atoms with Crippen molar-refractivity contribution in [3.8, 4) is 0 Å². The molecule has 1 heterocycles. The highest BCUT2D eigenvalue weighted by molar-refractivity contribution is 9.10. The molecule has 1 aromatic rings. The van der Waals surface area contributed by atoms with Crippen molar-refractivity contribution in [2.24, 2.45) is 5.92 Å². The predicted molar refractivity (Wildman–Crippen MR) is 75.2 cm³/mol. The van der Waals surface area contributed by atoms with Gasteiger partial charge in [-0.15, -0.1) is 0 Å². The van der Waals surface area contributed by atoms with Crippen LogP contribution in [0.2, 0.25) is 0 Å². The van der Waals surface area contributed by atoms with Gasteiger partial charge in [0.1, 0.15) is 16.7 Å². The number of rotatable bonds is 6. The van der Waals surface area contributed by atoms with Gasteiger partial charge < -0.3 is 10.2 Å². The van der Waals surface area contributed by atoms with Gasteiger partial charge in [0.2, 0.25) is 0 Å². The molecule has 1 N–H and O–H groups in total. The average Bonchev–Trinajstić information content (AvgIpc) is 2.14. The van der Waals surface area contributed by atoms with Gasteiger partial charge in [-0.1, -0.05) is 13.8 Å². The molecule has 0 aromatic carbocycles. The lowest BCUT2D eigenvalue weighted by molar-refractivity contribution is 0.356. The Labute approximate surface area is 112 Å². The lowest BCUT2D eigenvalue weighted by atomic mass is 10.0. The molecule has 5 heteroatoms. The molecule has 0 saturated carbocycles. The maximum Gasteiger partial charge on any atom is 0.130 e. The summed E-state index contributed by atoms with van der Waals surface area (Å²) in [6, 6.07) is 2.31. The third-order valence-corrected chi connectivity index (χ3v) is 2.76. The van der Waals surface area contributed by atoms with E-state index in [4.69, 9.17) is 0 Å². The van der Waals surface area contributed by atoms with Crippen molar-refractivity contribution < 1.29 is 0 Å². The fourth-order valence-corrected chi connectivity index (χ4v) is 2.12. The molecule has 4 nitrogen and oxygen atoms in total. The first-order valence-corrected chi connectivity index (χ1v) is 6.65. The summed E-state index contributed by atoms with van der Waals surface area (Å²) in [5.41, 5.74) is 0. The highest BCUT2D eigenvalue weighted by atomic mass is 79.9. The normalized spacial score (nSPS) is 13.1. The third-order valence-electron chi connectivity index (χ3n) is 2.33. The second-order valence-electron chi connectivity index (χ2n) is 4.96. The molecule has 0 aliphatic carbocycles. The summed E-state index contributed by atoms with van der Waals surface area (Å²) in [4.78, 5) is 10.4. The number of nitrogens with one attached hydrogen (secondary N) is 1. The van der Waals surface area contributed by atoms with Crippen LogP contribution in [0.1, 0.15) is 20.3 Å². The van der Waals surface area contributed by atoms with E-state index in [1.165, 1.54) is 0 Å². The Kier molecular flexibility index (Phi) is 5.85. The fraction of sp³-hybridized carbons (Fsp3) is 0.667. The van der Waals surface area contributed by atoms with Gasteiger partial charge in [0.25, 0.3) is 0 Å². The quantitative estimate of drug-likeness (QED) is 0.820. The Morgan fingerprint density at radius 3 is 2.59 bits per heavy atom. The zero-order chi connectivity index (χ0) is 12.8. The second kappa shape index (κ2) is 6.91. The highest BCUT2D eigenvalue weighted by Crippen LogP contribution is 2.14. The van der Waals surface area contributed by atoms with Crippen LogP contribution in [-0.2, 0) is 0 Å². The minimum absolute atomic E-state index is 0.409. The lowest BCUT2D eigenvalue weighted by Crippen LogP contribution is -2.33. The van der Waals surface area contributed by atoms with Gasteiger partial charge in [-0.25, -0.2) is 9.97 Å². The number of halogens is 1. The van der Waals surface area contributed by atoms with Crippen molar-refractivity contribution in [2.45, 2.75) is 26.3 Å². The van der Waals surface area contributed by atoms with Crippen LogP contribution in [0.25, 0.3) is 0 Å². The molecule has 0 spiro atoms. The Bertz CT molecular complexity index is 331. The molecule has 17 heavy (non-hydrogen) atoms. The van der Waals surface area contributed by atoms with Crippen LogP contribution in [0.3, 0.4) is 0 Å². The summed E-state index contributed by atoms with van der Waals surface area (Å²) in [6.45, 7) is 5.47. The molecule has 1 unspecified atom stereocenters. The standard InChI is InChI=1S/C12H21BrN4/c1-9(2)5-10(7-17(3)4)16-12-6-11(13)14-8-15-12/h6,8-10H,5,7H2,1-4H3,(H,14,15,16). The second-order valence-corrected chi connectivity index (χ2v) is 5.77. The van der Waals surface area contributed by atoms with Crippen LogP contribution in [0.4, 0.5) is 5.82 Å². The average molecular weight is 301 g/mol. The topological polar surface area (TPSA) is 41.0 Å². The smallest absolute Gasteiger partial charge is 0.130 e. The number of nitrogens with zero attached hydrogens (tertiary/aromatic N) is 3. The molecule has 0 amide bonds. The van der Waals surface area contributed by atoms with Crippen molar-refractivity contribution in [1.29, 1.82) is 0 Å². The Morgan fingerprint density at radius 2 is 2.06 bits per heavy atom. The summed E-state index contributed by atoms with van der Waals surface area (Å²) in [7, 11) is 4.18. The van der Waals surface area contributed by atoms with E-state index >= 15 is 0 Å². The summed E-state index contributed by atoms with van der Waals surface area (Å²) >= 11 is 3.35. The molecular weight excluding hydrogens is 280 g/mol. The van der Waals surface area contributed by atoms with Crippen molar-refractivity contribution in [3.63, 3.8) is 0 Å². The molecule has 0 aliphatic rings. The molecule has 1 aromatic heterocycles. The maximum atomic E-state index is 4.22. The van der Waals surface area contributed by atoms with E-state index in [2.05, 4.69) is 64.1 Å². The zero-order valence-electron chi connectivity index (χ0n) is 10.9. The van der Waals surface area contributed by atoms with E-state index < -0.39 is 0 Å². The lowest BCUT2D eigenvalue weighted by Gasteiger charge is -2.24.